The molecule has 2 rings (SSSR count). The van der Waals surface area contributed by atoms with Gasteiger partial charge in [0.05, 0.1) is 46.3 Å². The van der Waals surface area contributed by atoms with E-state index in [0.717, 1.165) is 0 Å². The van der Waals surface area contributed by atoms with Crippen LogP contribution in [0.2, 0.25) is 5.02 Å². The number of hydrogen-bond acceptors (Lipinski definition) is 6. The Morgan fingerprint density at radius 1 is 0.821 bits per heavy atom. The Morgan fingerprint density at radius 2 is 1.39 bits per heavy atom. The minimum atomic E-state index is -0.364. The van der Waals surface area contributed by atoms with Gasteiger partial charge in [0.15, 0.2) is 11.5 Å². The Balaban J connectivity index is 2.25. The number of anilines is 1. The van der Waals surface area contributed by atoms with Crippen LogP contribution >= 0.6 is 11.6 Å². The van der Waals surface area contributed by atoms with Gasteiger partial charge >= 0.3 is 0 Å². The molecule has 2 aromatic carbocycles. The zero-order chi connectivity index (χ0) is 20.7. The van der Waals surface area contributed by atoms with Gasteiger partial charge in [0.1, 0.15) is 11.5 Å². The lowest BCUT2D eigenvalue weighted by Crippen LogP contribution is -2.09. The number of carbonyl (C=O) groups is 1. The SMILES string of the molecule is COc1cc(NC(=O)C=Cc2cc(OC)c(OC)c(OC)c2)c(OC)cc1Cl. The lowest BCUT2D eigenvalue weighted by Gasteiger charge is -2.13. The largest absolute Gasteiger partial charge is 0.495 e. The van der Waals surface area contributed by atoms with Gasteiger partial charge in [0, 0.05) is 18.2 Å². The first-order valence-electron chi connectivity index (χ1n) is 8.18. The zero-order valence-corrected chi connectivity index (χ0v) is 17.0. The van der Waals surface area contributed by atoms with Crippen LogP contribution in [-0.2, 0) is 4.79 Å². The minimum Gasteiger partial charge on any atom is -0.495 e. The summed E-state index contributed by atoms with van der Waals surface area (Å²) in [5.41, 5.74) is 1.13. The molecular weight excluding hydrogens is 386 g/mol. The molecule has 2 aromatic rings. The quantitative estimate of drug-likeness (QED) is 0.666. The second-order valence-electron chi connectivity index (χ2n) is 5.47. The fourth-order valence-corrected chi connectivity index (χ4v) is 2.73. The molecule has 0 saturated carbocycles. The van der Waals surface area contributed by atoms with Gasteiger partial charge in [-0.05, 0) is 23.8 Å². The van der Waals surface area contributed by atoms with E-state index in [9.17, 15) is 4.79 Å². The van der Waals surface area contributed by atoms with E-state index in [0.29, 0.717) is 45.0 Å². The lowest BCUT2D eigenvalue weighted by atomic mass is 10.1. The van der Waals surface area contributed by atoms with Gasteiger partial charge in [-0.3, -0.25) is 4.79 Å². The molecule has 28 heavy (non-hydrogen) atoms. The highest BCUT2D eigenvalue weighted by atomic mass is 35.5. The van der Waals surface area contributed by atoms with Gasteiger partial charge in [-0.15, -0.1) is 0 Å². The van der Waals surface area contributed by atoms with Crippen molar-refractivity contribution in [3.05, 3.63) is 40.9 Å². The van der Waals surface area contributed by atoms with Crippen LogP contribution in [-0.4, -0.2) is 41.5 Å². The summed E-state index contributed by atoms with van der Waals surface area (Å²) in [5.74, 6) is 1.93. The van der Waals surface area contributed by atoms with Crippen molar-refractivity contribution in [3.8, 4) is 28.7 Å². The summed E-state index contributed by atoms with van der Waals surface area (Å²) in [4.78, 5) is 12.4. The summed E-state index contributed by atoms with van der Waals surface area (Å²) in [5, 5.41) is 3.12. The summed E-state index contributed by atoms with van der Waals surface area (Å²) in [6.07, 6.45) is 3.00. The molecule has 7 nitrogen and oxygen atoms in total. The highest BCUT2D eigenvalue weighted by Gasteiger charge is 2.13. The molecule has 1 amide bonds. The Bertz CT molecular complexity index is 856. The molecule has 1 N–H and O–H groups in total. The molecule has 0 heterocycles. The van der Waals surface area contributed by atoms with Crippen LogP contribution in [0.15, 0.2) is 30.3 Å². The molecule has 150 valence electrons. The molecule has 0 fully saturated rings. The highest BCUT2D eigenvalue weighted by molar-refractivity contribution is 6.32. The van der Waals surface area contributed by atoms with E-state index < -0.39 is 0 Å². The molecule has 0 aliphatic heterocycles. The predicted molar refractivity (Wildman–Crippen MR) is 108 cm³/mol. The smallest absolute Gasteiger partial charge is 0.248 e. The van der Waals surface area contributed by atoms with E-state index in [2.05, 4.69) is 5.32 Å². The van der Waals surface area contributed by atoms with Crippen molar-refractivity contribution in [3.63, 3.8) is 0 Å². The fraction of sp³-hybridized carbons (Fsp3) is 0.250. The van der Waals surface area contributed by atoms with Gasteiger partial charge in [-0.2, -0.15) is 0 Å². The summed E-state index contributed by atoms with van der Waals surface area (Å²) in [6.45, 7) is 0. The summed E-state index contributed by atoms with van der Waals surface area (Å²) in [7, 11) is 7.55. The first-order chi connectivity index (χ1) is 13.5. The normalized spacial score (nSPS) is 10.5. The maximum absolute atomic E-state index is 12.4. The Morgan fingerprint density at radius 3 is 1.89 bits per heavy atom. The van der Waals surface area contributed by atoms with E-state index in [-0.39, 0.29) is 5.91 Å². The molecule has 0 atom stereocenters. The minimum absolute atomic E-state index is 0.364. The molecule has 0 aliphatic rings. The number of ether oxygens (including phenoxy) is 5. The standard InChI is InChI=1S/C20H22ClNO6/c1-24-15-11-14(16(25-2)10-13(15)21)22-19(23)7-6-12-8-17(26-3)20(28-5)18(9-12)27-4/h6-11H,1-5H3,(H,22,23). The third-order valence-corrected chi connectivity index (χ3v) is 4.14. The Hall–Kier alpha value is -3.06. The fourth-order valence-electron chi connectivity index (χ4n) is 2.50. The monoisotopic (exact) mass is 407 g/mol. The zero-order valence-electron chi connectivity index (χ0n) is 16.3. The van der Waals surface area contributed by atoms with E-state index in [1.54, 1.807) is 30.3 Å². The predicted octanol–water partition coefficient (Wildman–Crippen LogP) is 4.03. The Labute approximate surface area is 168 Å². The number of hydrogen-bond donors (Lipinski definition) is 1. The van der Waals surface area contributed by atoms with Crippen LogP contribution in [0.1, 0.15) is 5.56 Å². The maximum atomic E-state index is 12.4. The van der Waals surface area contributed by atoms with Gasteiger partial charge in [0.25, 0.3) is 0 Å². The second kappa shape index (κ2) is 9.75. The molecule has 0 aliphatic carbocycles. The average molecular weight is 408 g/mol. The molecule has 8 heteroatoms. The molecule has 0 spiro atoms. The van der Waals surface area contributed by atoms with Crippen LogP contribution in [0.25, 0.3) is 6.08 Å². The average Bonchev–Trinajstić information content (AvgIpc) is 2.72. The number of rotatable bonds is 8. The number of methoxy groups -OCH3 is 5. The lowest BCUT2D eigenvalue weighted by molar-refractivity contribution is -0.111. The first kappa shape index (κ1) is 21.2. The van der Waals surface area contributed by atoms with Gasteiger partial charge in [0.2, 0.25) is 11.7 Å². The number of halogens is 1. The van der Waals surface area contributed by atoms with Crippen LogP contribution in [0.3, 0.4) is 0 Å². The maximum Gasteiger partial charge on any atom is 0.248 e. The molecule has 0 bridgehead atoms. The van der Waals surface area contributed by atoms with Crippen LogP contribution < -0.4 is 29.0 Å². The van der Waals surface area contributed by atoms with Crippen LogP contribution in [0.5, 0.6) is 28.7 Å². The number of carbonyl (C=O) groups excluding carboxylic acids is 1. The van der Waals surface area contributed by atoms with E-state index >= 15 is 0 Å². The summed E-state index contributed by atoms with van der Waals surface area (Å²) < 4.78 is 26.3. The van der Waals surface area contributed by atoms with Gasteiger partial charge < -0.3 is 29.0 Å². The molecule has 0 aromatic heterocycles. The van der Waals surface area contributed by atoms with Gasteiger partial charge in [-0.25, -0.2) is 0 Å². The summed E-state index contributed by atoms with van der Waals surface area (Å²) in [6, 6.07) is 6.62. The number of nitrogens with one attached hydrogen (secondary N) is 1. The van der Waals surface area contributed by atoms with Crippen molar-refractivity contribution in [1.29, 1.82) is 0 Å². The molecule has 0 saturated heterocycles. The van der Waals surface area contributed by atoms with Crippen molar-refractivity contribution in [2.24, 2.45) is 0 Å². The van der Waals surface area contributed by atoms with E-state index in [1.807, 2.05) is 0 Å². The van der Waals surface area contributed by atoms with Crippen molar-refractivity contribution in [2.45, 2.75) is 0 Å². The van der Waals surface area contributed by atoms with Crippen molar-refractivity contribution in [2.75, 3.05) is 40.9 Å². The molecular formula is C20H22ClNO6. The van der Waals surface area contributed by atoms with E-state index in [1.165, 1.54) is 41.6 Å². The summed E-state index contributed by atoms with van der Waals surface area (Å²) >= 11 is 6.07. The molecule has 0 radical (unpaired) electrons. The third kappa shape index (κ3) is 4.80. The highest BCUT2D eigenvalue weighted by Crippen LogP contribution is 2.39. The third-order valence-electron chi connectivity index (χ3n) is 3.85. The number of benzene rings is 2. The van der Waals surface area contributed by atoms with Crippen LogP contribution in [0, 0.1) is 0 Å². The van der Waals surface area contributed by atoms with Gasteiger partial charge in [-0.1, -0.05) is 11.6 Å². The van der Waals surface area contributed by atoms with Crippen molar-refractivity contribution >= 4 is 29.3 Å². The Kier molecular flexibility index (Phi) is 7.40. The number of amides is 1. The molecule has 0 unspecified atom stereocenters. The second-order valence-corrected chi connectivity index (χ2v) is 5.88. The van der Waals surface area contributed by atoms with Crippen molar-refractivity contribution in [1.82, 2.24) is 0 Å². The topological polar surface area (TPSA) is 75.3 Å². The first-order valence-corrected chi connectivity index (χ1v) is 8.55. The van der Waals surface area contributed by atoms with Crippen LogP contribution in [0.4, 0.5) is 5.69 Å². The van der Waals surface area contributed by atoms with E-state index in [4.69, 9.17) is 35.3 Å². The van der Waals surface area contributed by atoms with Crippen molar-refractivity contribution < 1.29 is 28.5 Å².